The SMILES string of the molecule is Cc1cc(-c2cc(O[C@H]3CCN4C(=O)N(C)CCCC/C=C\[C@@H]5C[C@@]5(C(=O)O)CC(=O)[C@@H]4C3)nc(-c3nc(C(F)(F)F)cs3)n2)c(C)s1. The Morgan fingerprint density at radius 2 is 1.92 bits per heavy atom. The largest absolute Gasteiger partial charge is 0.481 e. The fourth-order valence-corrected chi connectivity index (χ4v) is 8.27. The Hall–Kier alpha value is -3.85. The summed E-state index contributed by atoms with van der Waals surface area (Å²) < 4.78 is 46.5. The number of nitrogens with zero attached hydrogens (tertiary/aromatic N) is 5. The Balaban J connectivity index is 1.31. The zero-order chi connectivity index (χ0) is 34.4. The lowest BCUT2D eigenvalue weighted by Crippen LogP contribution is -2.56. The summed E-state index contributed by atoms with van der Waals surface area (Å²) in [5.41, 5.74) is -0.985. The van der Waals surface area contributed by atoms with E-state index in [1.165, 1.54) is 4.90 Å². The van der Waals surface area contributed by atoms with Gasteiger partial charge in [0.2, 0.25) is 5.88 Å². The second-order valence-electron chi connectivity index (χ2n) is 12.8. The van der Waals surface area contributed by atoms with E-state index in [1.807, 2.05) is 32.1 Å². The molecule has 10 nitrogen and oxygen atoms in total. The smallest absolute Gasteiger partial charge is 0.434 e. The highest BCUT2D eigenvalue weighted by Crippen LogP contribution is 2.57. The number of carboxylic acid groups (broad SMARTS) is 1. The first kappa shape index (κ1) is 34.0. The van der Waals surface area contributed by atoms with Crippen molar-refractivity contribution in [2.45, 2.75) is 77.1 Å². The molecule has 0 spiro atoms. The van der Waals surface area contributed by atoms with Crippen LogP contribution in [0, 0.1) is 25.2 Å². The van der Waals surface area contributed by atoms with Gasteiger partial charge in [0.25, 0.3) is 0 Å². The normalized spacial score (nSPS) is 26.0. The molecule has 0 bridgehead atoms. The van der Waals surface area contributed by atoms with E-state index in [2.05, 4.69) is 15.0 Å². The number of rotatable bonds is 5. The lowest BCUT2D eigenvalue weighted by molar-refractivity contribution is -0.146. The third-order valence-electron chi connectivity index (χ3n) is 9.32. The summed E-state index contributed by atoms with van der Waals surface area (Å²) in [5, 5.41) is 11.0. The van der Waals surface area contributed by atoms with Crippen molar-refractivity contribution in [3.8, 4) is 28.0 Å². The van der Waals surface area contributed by atoms with Crippen molar-refractivity contribution in [2.75, 3.05) is 20.1 Å². The molecule has 3 aromatic rings. The Morgan fingerprint density at radius 1 is 1.12 bits per heavy atom. The molecule has 3 aromatic heterocycles. The number of piperidine rings is 1. The Kier molecular flexibility index (Phi) is 9.37. The molecule has 4 atom stereocenters. The molecular formula is C33H36F3N5O5S2. The predicted octanol–water partition coefficient (Wildman–Crippen LogP) is 7.02. The predicted molar refractivity (Wildman–Crippen MR) is 174 cm³/mol. The topological polar surface area (TPSA) is 126 Å². The van der Waals surface area contributed by atoms with E-state index < -0.39 is 35.4 Å². The first-order chi connectivity index (χ1) is 22.7. The number of carbonyl (C=O) groups is 3. The third-order valence-corrected chi connectivity index (χ3v) is 11.1. The standard InChI is InChI=1S/C33H36F3N5O5S2/c1-18-12-22(19(2)48-18)23-14-27(39-28(37-23)29-38-26(17-47-29)33(34,35)36)46-21-9-11-41-24(13-21)25(42)16-32(30(43)44)15-20(32)8-6-4-5-7-10-40(3)31(41)45/h6,8,12,14,17,20-21,24H,4-5,7,9-11,13,15-16H2,1-3H3,(H,43,44)/b8-6-/t20-,21+,24+,32-/m1/s1. The molecule has 0 radical (unpaired) electrons. The van der Waals surface area contributed by atoms with Crippen LogP contribution in [0.15, 0.2) is 29.7 Å². The number of aromatic nitrogens is 3. The summed E-state index contributed by atoms with van der Waals surface area (Å²) >= 11 is 2.34. The van der Waals surface area contributed by atoms with Crippen molar-refractivity contribution >= 4 is 40.5 Å². The number of aryl methyl sites for hydroxylation is 2. The molecule has 2 amide bonds. The van der Waals surface area contributed by atoms with E-state index in [4.69, 9.17) is 4.74 Å². The molecule has 6 rings (SSSR count). The minimum Gasteiger partial charge on any atom is -0.481 e. The van der Waals surface area contributed by atoms with E-state index in [1.54, 1.807) is 29.4 Å². The number of halogens is 3. The quantitative estimate of drug-likeness (QED) is 0.281. The van der Waals surface area contributed by atoms with Crippen LogP contribution in [0.4, 0.5) is 18.0 Å². The maximum absolute atomic E-state index is 13.9. The first-order valence-corrected chi connectivity index (χ1v) is 17.6. The summed E-state index contributed by atoms with van der Waals surface area (Å²) in [6.07, 6.45) is 1.70. The van der Waals surface area contributed by atoms with Crippen molar-refractivity contribution in [1.82, 2.24) is 24.8 Å². The van der Waals surface area contributed by atoms with Crippen molar-refractivity contribution in [3.05, 3.63) is 45.1 Å². The molecule has 5 heterocycles. The van der Waals surface area contributed by atoms with E-state index in [0.29, 0.717) is 25.1 Å². The Morgan fingerprint density at radius 3 is 2.60 bits per heavy atom. The number of ether oxygens (including phenoxy) is 1. The van der Waals surface area contributed by atoms with Gasteiger partial charge in [-0.25, -0.2) is 14.8 Å². The first-order valence-electron chi connectivity index (χ1n) is 15.9. The molecular weight excluding hydrogens is 668 g/mol. The number of Topliss-reactive ketones (excluding diaryl/α,β-unsaturated/α-hetero) is 1. The number of aliphatic carboxylic acids is 1. The number of amides is 2. The maximum Gasteiger partial charge on any atom is 0.434 e. The highest BCUT2D eigenvalue weighted by atomic mass is 32.1. The second-order valence-corrected chi connectivity index (χ2v) is 15.1. The van der Waals surface area contributed by atoms with Crippen LogP contribution >= 0.6 is 22.7 Å². The van der Waals surface area contributed by atoms with Crippen LogP contribution in [0.1, 0.15) is 60.4 Å². The van der Waals surface area contributed by atoms with Gasteiger partial charge in [0, 0.05) is 66.2 Å². The van der Waals surface area contributed by atoms with E-state index in [-0.39, 0.29) is 53.8 Å². The third kappa shape index (κ3) is 6.98. The van der Waals surface area contributed by atoms with E-state index in [0.717, 1.165) is 51.3 Å². The highest BCUT2D eigenvalue weighted by Gasteiger charge is 2.60. The molecule has 1 N–H and O–H groups in total. The average Bonchev–Trinajstić information content (AvgIpc) is 3.32. The number of hydrogen-bond acceptors (Lipinski definition) is 9. The van der Waals surface area contributed by atoms with Gasteiger partial charge >= 0.3 is 18.2 Å². The number of thiophene rings is 1. The van der Waals surface area contributed by atoms with Crippen LogP contribution in [-0.4, -0.2) is 79.9 Å². The zero-order valence-corrected chi connectivity index (χ0v) is 28.4. The van der Waals surface area contributed by atoms with Gasteiger partial charge in [-0.3, -0.25) is 9.59 Å². The molecule has 1 saturated carbocycles. The van der Waals surface area contributed by atoms with Gasteiger partial charge in [0.1, 0.15) is 6.10 Å². The minimum absolute atomic E-state index is 0.0182. The molecule has 256 valence electrons. The molecule has 2 fully saturated rings. The molecule has 0 unspecified atom stereocenters. The fraction of sp³-hybridized carbons (Fsp3) is 0.515. The van der Waals surface area contributed by atoms with Crippen LogP contribution < -0.4 is 4.74 Å². The van der Waals surface area contributed by atoms with Gasteiger partial charge in [-0.2, -0.15) is 18.2 Å². The Labute approximate surface area is 283 Å². The van der Waals surface area contributed by atoms with Crippen LogP contribution in [0.3, 0.4) is 0 Å². The Bertz CT molecular complexity index is 1760. The van der Waals surface area contributed by atoms with Gasteiger partial charge in [0.15, 0.2) is 22.3 Å². The van der Waals surface area contributed by atoms with E-state index >= 15 is 0 Å². The second kappa shape index (κ2) is 13.2. The maximum atomic E-state index is 13.9. The summed E-state index contributed by atoms with van der Waals surface area (Å²) in [6.45, 7) is 4.59. The van der Waals surface area contributed by atoms with Gasteiger partial charge in [-0.15, -0.1) is 22.7 Å². The monoisotopic (exact) mass is 703 g/mol. The number of hydrogen-bond donors (Lipinski definition) is 1. The van der Waals surface area contributed by atoms with Crippen LogP contribution in [0.25, 0.3) is 22.1 Å². The zero-order valence-electron chi connectivity index (χ0n) is 26.7. The molecule has 1 aliphatic carbocycles. The van der Waals surface area contributed by atoms with Gasteiger partial charge in [0.05, 0.1) is 17.2 Å². The molecule has 2 aliphatic heterocycles. The van der Waals surface area contributed by atoms with Crippen molar-refractivity contribution in [3.63, 3.8) is 0 Å². The molecule has 0 aromatic carbocycles. The van der Waals surface area contributed by atoms with Crippen LogP contribution in [-0.2, 0) is 15.8 Å². The molecule has 3 aliphatic rings. The number of fused-ring (bicyclic) bond motifs is 2. The van der Waals surface area contributed by atoms with Crippen molar-refractivity contribution in [1.29, 1.82) is 0 Å². The number of allylic oxidation sites excluding steroid dienone is 2. The van der Waals surface area contributed by atoms with Crippen molar-refractivity contribution in [2.24, 2.45) is 11.3 Å². The average molecular weight is 704 g/mol. The van der Waals surface area contributed by atoms with Crippen LogP contribution in [0.2, 0.25) is 0 Å². The molecule has 15 heteroatoms. The number of carbonyl (C=O) groups excluding carboxylic acids is 2. The minimum atomic E-state index is -4.62. The number of alkyl halides is 3. The number of carboxylic acids is 1. The van der Waals surface area contributed by atoms with Gasteiger partial charge in [-0.1, -0.05) is 12.2 Å². The lowest BCUT2D eigenvalue weighted by atomic mass is 9.88. The number of ketones is 1. The summed E-state index contributed by atoms with van der Waals surface area (Å²) in [4.78, 5) is 57.8. The fourth-order valence-electron chi connectivity index (χ4n) is 6.58. The summed E-state index contributed by atoms with van der Waals surface area (Å²) in [5.74, 6) is -1.52. The molecule has 1 saturated heterocycles. The van der Waals surface area contributed by atoms with Gasteiger partial charge in [-0.05, 0) is 51.5 Å². The summed E-state index contributed by atoms with van der Waals surface area (Å²) in [6, 6.07) is 2.35. The number of thiazole rings is 1. The summed E-state index contributed by atoms with van der Waals surface area (Å²) in [7, 11) is 1.70. The highest BCUT2D eigenvalue weighted by molar-refractivity contribution is 7.13. The number of urea groups is 1. The lowest BCUT2D eigenvalue weighted by Gasteiger charge is -2.40. The van der Waals surface area contributed by atoms with E-state index in [9.17, 15) is 32.7 Å². The van der Waals surface area contributed by atoms with Gasteiger partial charge < -0.3 is 19.6 Å². The van der Waals surface area contributed by atoms with Crippen molar-refractivity contribution < 1.29 is 37.4 Å². The van der Waals surface area contributed by atoms with Crippen LogP contribution in [0.5, 0.6) is 5.88 Å². The molecule has 48 heavy (non-hydrogen) atoms.